The number of hydrogen-bond acceptors (Lipinski definition) is 5. The van der Waals surface area contributed by atoms with E-state index < -0.39 is 18.1 Å². The first-order chi connectivity index (χ1) is 16.5. The molecule has 184 valence electrons. The van der Waals surface area contributed by atoms with Crippen LogP contribution in [0, 0.1) is 5.92 Å². The number of halogens is 3. The highest BCUT2D eigenvalue weighted by Crippen LogP contribution is 2.47. The summed E-state index contributed by atoms with van der Waals surface area (Å²) in [5.41, 5.74) is 9.60. The molecule has 0 saturated heterocycles. The Hall–Kier alpha value is -4.21. The third-order valence-electron chi connectivity index (χ3n) is 5.20. The molecule has 0 heterocycles. The molecular weight excluding hydrogens is 465 g/mol. The highest BCUT2D eigenvalue weighted by molar-refractivity contribution is 5.75. The Kier molecular flexibility index (Phi) is 7.85. The summed E-state index contributed by atoms with van der Waals surface area (Å²) < 4.78 is 37.6. The molecule has 3 aromatic carbocycles. The lowest BCUT2D eigenvalue weighted by Gasteiger charge is -2.10. The van der Waals surface area contributed by atoms with E-state index in [1.54, 1.807) is 0 Å². The van der Waals surface area contributed by atoms with Gasteiger partial charge < -0.3 is 26.0 Å². The van der Waals surface area contributed by atoms with Crippen LogP contribution in [0.5, 0.6) is 11.5 Å². The maximum atomic E-state index is 11.0. The summed E-state index contributed by atoms with van der Waals surface area (Å²) in [6.45, 7) is 0.666. The van der Waals surface area contributed by atoms with Gasteiger partial charge in [-0.05, 0) is 72.0 Å². The molecular formula is C25H23F3N2O5. The number of nitrogens with one attached hydrogen (secondary N) is 1. The maximum absolute atomic E-state index is 11.0. The summed E-state index contributed by atoms with van der Waals surface area (Å²) in [5.74, 6) is -2.00. The van der Waals surface area contributed by atoms with Gasteiger partial charge in [-0.15, -0.1) is 0 Å². The predicted molar refractivity (Wildman–Crippen MR) is 123 cm³/mol. The Labute approximate surface area is 199 Å². The van der Waals surface area contributed by atoms with E-state index in [-0.39, 0.29) is 11.8 Å². The van der Waals surface area contributed by atoms with Gasteiger partial charge in [-0.25, -0.2) is 4.79 Å². The fourth-order valence-corrected chi connectivity index (χ4v) is 3.28. The summed E-state index contributed by atoms with van der Waals surface area (Å²) in [7, 11) is 0. The van der Waals surface area contributed by atoms with Crippen molar-refractivity contribution in [3.05, 3.63) is 83.9 Å². The minimum Gasteiger partial charge on any atom is -0.481 e. The van der Waals surface area contributed by atoms with Crippen LogP contribution in [0.1, 0.15) is 23.5 Å². The van der Waals surface area contributed by atoms with Crippen LogP contribution in [-0.4, -0.2) is 28.3 Å². The second kappa shape index (κ2) is 10.8. The molecule has 7 nitrogen and oxygen atoms in total. The molecule has 1 saturated carbocycles. The van der Waals surface area contributed by atoms with E-state index >= 15 is 0 Å². The quantitative estimate of drug-likeness (QED) is 0.324. The molecule has 1 aliphatic carbocycles. The molecule has 0 aliphatic heterocycles. The number of rotatable bonds is 7. The molecule has 35 heavy (non-hydrogen) atoms. The maximum Gasteiger partial charge on any atom is 0.490 e. The van der Waals surface area contributed by atoms with Gasteiger partial charge in [-0.3, -0.25) is 4.79 Å². The van der Waals surface area contributed by atoms with Crippen LogP contribution < -0.4 is 15.8 Å². The Morgan fingerprint density at radius 3 is 2.14 bits per heavy atom. The molecule has 0 unspecified atom stereocenters. The Balaban J connectivity index is 0.000000429. The number of aliphatic carboxylic acids is 2. The summed E-state index contributed by atoms with van der Waals surface area (Å²) in [6.07, 6.45) is -4.34. The molecule has 1 fully saturated rings. The number of anilines is 2. The summed E-state index contributed by atoms with van der Waals surface area (Å²) in [4.78, 5) is 19.9. The number of carbonyl (C=O) groups is 2. The van der Waals surface area contributed by atoms with Gasteiger partial charge in [0.15, 0.2) is 0 Å². The number of benzene rings is 3. The molecule has 0 spiro atoms. The smallest absolute Gasteiger partial charge is 0.481 e. The zero-order valence-electron chi connectivity index (χ0n) is 18.3. The predicted octanol–water partition coefficient (Wildman–Crippen LogP) is 5.49. The zero-order valence-corrected chi connectivity index (χ0v) is 18.3. The van der Waals surface area contributed by atoms with E-state index in [1.165, 1.54) is 0 Å². The minimum absolute atomic E-state index is 0.161. The summed E-state index contributed by atoms with van der Waals surface area (Å²) in [6, 6.07) is 23.3. The van der Waals surface area contributed by atoms with Crippen LogP contribution in [0.4, 0.5) is 24.5 Å². The van der Waals surface area contributed by atoms with Gasteiger partial charge in [0, 0.05) is 17.9 Å². The Bertz CT molecular complexity index is 1160. The van der Waals surface area contributed by atoms with Gasteiger partial charge >= 0.3 is 18.1 Å². The number of carboxylic acid groups (broad SMARTS) is 2. The van der Waals surface area contributed by atoms with Crippen molar-refractivity contribution >= 4 is 23.3 Å². The zero-order chi connectivity index (χ0) is 25.6. The molecule has 0 aromatic heterocycles. The molecule has 0 amide bonds. The van der Waals surface area contributed by atoms with Gasteiger partial charge in [0.05, 0.1) is 5.92 Å². The van der Waals surface area contributed by atoms with Gasteiger partial charge in [0.1, 0.15) is 11.5 Å². The number of alkyl halides is 3. The van der Waals surface area contributed by atoms with E-state index in [0.717, 1.165) is 34.7 Å². The van der Waals surface area contributed by atoms with Crippen LogP contribution in [0.25, 0.3) is 0 Å². The highest BCUT2D eigenvalue weighted by atomic mass is 19.4. The number of hydrogen-bond donors (Lipinski definition) is 4. The lowest BCUT2D eigenvalue weighted by Crippen LogP contribution is -2.21. The van der Waals surface area contributed by atoms with Crippen molar-refractivity contribution in [2.75, 3.05) is 11.1 Å². The molecule has 0 radical (unpaired) electrons. The van der Waals surface area contributed by atoms with Crippen molar-refractivity contribution in [1.82, 2.24) is 0 Å². The second-order valence-electron chi connectivity index (χ2n) is 7.88. The molecule has 0 bridgehead atoms. The van der Waals surface area contributed by atoms with Crippen molar-refractivity contribution in [3.63, 3.8) is 0 Å². The average Bonchev–Trinajstić information content (AvgIpc) is 3.61. The molecule has 10 heteroatoms. The van der Waals surface area contributed by atoms with Gasteiger partial charge in [-0.1, -0.05) is 24.3 Å². The minimum atomic E-state index is -5.08. The van der Waals surface area contributed by atoms with Crippen LogP contribution in [-0.2, 0) is 16.1 Å². The van der Waals surface area contributed by atoms with Crippen LogP contribution in [0.2, 0.25) is 0 Å². The SMILES string of the molecule is Nc1ccc(Oc2cccc(CNc3ccc([C@@H]4C[C@H]4C(=O)O)cc3)c2)cc1.O=C(O)C(F)(F)F. The standard InChI is InChI=1S/C23H22N2O3.C2HF3O2/c24-17-6-10-19(11-7-17)28-20-3-1-2-15(12-20)14-25-18-8-4-16(5-9-18)21-13-22(21)23(26)27;3-2(4,5)1(6)7/h1-12,21-22,25H,13-14,24H2,(H,26,27);(H,6,7)/t21-,22+;/m0./s1. The first-order valence-corrected chi connectivity index (χ1v) is 10.5. The molecule has 1 aliphatic rings. The first-order valence-electron chi connectivity index (χ1n) is 10.5. The fraction of sp³-hybridized carbons (Fsp3) is 0.200. The first kappa shape index (κ1) is 25.4. The Morgan fingerprint density at radius 1 is 0.971 bits per heavy atom. The Morgan fingerprint density at radius 2 is 1.60 bits per heavy atom. The van der Waals surface area contributed by atoms with E-state index in [9.17, 15) is 18.0 Å². The molecule has 4 rings (SSSR count). The highest BCUT2D eigenvalue weighted by Gasteiger charge is 2.44. The lowest BCUT2D eigenvalue weighted by atomic mass is 10.1. The van der Waals surface area contributed by atoms with Crippen molar-refractivity contribution in [2.24, 2.45) is 5.92 Å². The summed E-state index contributed by atoms with van der Waals surface area (Å²) in [5, 5.41) is 19.6. The van der Waals surface area contributed by atoms with Crippen molar-refractivity contribution in [2.45, 2.75) is 25.1 Å². The van der Waals surface area contributed by atoms with Crippen LogP contribution in [0.15, 0.2) is 72.8 Å². The third kappa shape index (κ3) is 7.66. The number of nitrogens with two attached hydrogens (primary N) is 1. The molecule has 5 N–H and O–H groups in total. The third-order valence-corrected chi connectivity index (χ3v) is 5.20. The second-order valence-corrected chi connectivity index (χ2v) is 7.88. The molecule has 3 aromatic rings. The average molecular weight is 488 g/mol. The molecule has 2 atom stereocenters. The van der Waals surface area contributed by atoms with E-state index in [1.807, 2.05) is 72.8 Å². The lowest BCUT2D eigenvalue weighted by molar-refractivity contribution is -0.192. The number of ether oxygens (including phenoxy) is 1. The monoisotopic (exact) mass is 488 g/mol. The van der Waals surface area contributed by atoms with E-state index in [0.29, 0.717) is 12.2 Å². The number of nitrogen functional groups attached to an aromatic ring is 1. The fourth-order valence-electron chi connectivity index (χ4n) is 3.28. The van der Waals surface area contributed by atoms with Crippen molar-refractivity contribution in [3.8, 4) is 11.5 Å². The number of carboxylic acids is 2. The van der Waals surface area contributed by atoms with Crippen molar-refractivity contribution in [1.29, 1.82) is 0 Å². The normalized spacial score (nSPS) is 16.4. The topological polar surface area (TPSA) is 122 Å². The van der Waals surface area contributed by atoms with E-state index in [2.05, 4.69) is 5.32 Å². The van der Waals surface area contributed by atoms with Gasteiger partial charge in [0.2, 0.25) is 0 Å². The van der Waals surface area contributed by atoms with Crippen LogP contribution in [0.3, 0.4) is 0 Å². The van der Waals surface area contributed by atoms with E-state index in [4.69, 9.17) is 25.5 Å². The van der Waals surface area contributed by atoms with Gasteiger partial charge in [-0.2, -0.15) is 13.2 Å². The summed E-state index contributed by atoms with van der Waals surface area (Å²) >= 11 is 0. The van der Waals surface area contributed by atoms with Crippen LogP contribution >= 0.6 is 0 Å². The largest absolute Gasteiger partial charge is 0.490 e. The van der Waals surface area contributed by atoms with Gasteiger partial charge in [0.25, 0.3) is 0 Å². The van der Waals surface area contributed by atoms with Crippen molar-refractivity contribution < 1.29 is 37.7 Å².